The zero-order chi connectivity index (χ0) is 22.8. The number of carbonyl (C=O) groups is 1. The average Bonchev–Trinajstić information content (AvgIpc) is 2.75. The topological polar surface area (TPSA) is 48.4 Å². The van der Waals surface area contributed by atoms with E-state index in [1.54, 1.807) is 19.5 Å². The molecule has 0 fully saturated rings. The van der Waals surface area contributed by atoms with Gasteiger partial charge in [0.15, 0.2) is 0 Å². The number of allylic oxidation sites excluding steroid dienone is 6. The van der Waals surface area contributed by atoms with Crippen molar-refractivity contribution >= 4 is 12.0 Å². The van der Waals surface area contributed by atoms with Gasteiger partial charge < -0.3 is 9.47 Å². The molecule has 0 amide bonds. The number of hydrogen-bond acceptors (Lipinski definition) is 4. The molecule has 0 atom stereocenters. The predicted octanol–water partition coefficient (Wildman–Crippen LogP) is 6.22. The van der Waals surface area contributed by atoms with Crippen LogP contribution in [0, 0.1) is 20.8 Å². The van der Waals surface area contributed by atoms with E-state index in [1.165, 1.54) is 22.8 Å². The Morgan fingerprint density at radius 1 is 1.10 bits per heavy atom. The molecule has 4 nitrogen and oxygen atoms in total. The number of pyridine rings is 1. The molecule has 1 aromatic carbocycles. The highest BCUT2D eigenvalue weighted by molar-refractivity contribution is 5.83. The molecule has 0 aliphatic heterocycles. The molecule has 4 heteroatoms. The lowest BCUT2D eigenvalue weighted by molar-refractivity contribution is -0.139. The predicted molar refractivity (Wildman–Crippen MR) is 127 cm³/mol. The molecule has 1 aromatic heterocycles. The van der Waals surface area contributed by atoms with Crippen molar-refractivity contribution in [2.45, 2.75) is 41.2 Å². The van der Waals surface area contributed by atoms with Gasteiger partial charge in [-0.1, -0.05) is 42.0 Å². The fourth-order valence-electron chi connectivity index (χ4n) is 3.07. The van der Waals surface area contributed by atoms with Gasteiger partial charge in [0.2, 0.25) is 0 Å². The second kappa shape index (κ2) is 11.7. The molecular formula is C27H31NO3. The third-order valence-electron chi connectivity index (χ3n) is 5.01. The number of benzene rings is 1. The molecule has 1 heterocycles. The van der Waals surface area contributed by atoms with Crippen LogP contribution in [0.15, 0.2) is 72.1 Å². The number of carbonyl (C=O) groups excluding carboxylic acids is 1. The van der Waals surface area contributed by atoms with E-state index in [0.717, 1.165) is 28.0 Å². The van der Waals surface area contributed by atoms with Crippen molar-refractivity contribution < 1.29 is 14.3 Å². The molecular weight excluding hydrogens is 386 g/mol. The lowest BCUT2D eigenvalue weighted by Crippen LogP contribution is -2.01. The van der Waals surface area contributed by atoms with Crippen molar-refractivity contribution in [2.24, 2.45) is 0 Å². The van der Waals surface area contributed by atoms with E-state index >= 15 is 0 Å². The summed E-state index contributed by atoms with van der Waals surface area (Å²) in [5.74, 6) is 0.552. The number of methoxy groups -OCH3 is 1. The Balaban J connectivity index is 1.97. The van der Waals surface area contributed by atoms with E-state index in [4.69, 9.17) is 9.47 Å². The van der Waals surface area contributed by atoms with E-state index in [0.29, 0.717) is 0 Å². The fraction of sp³-hybridized carbons (Fsp3) is 0.259. The quantitative estimate of drug-likeness (QED) is 0.291. The van der Waals surface area contributed by atoms with Crippen molar-refractivity contribution in [1.29, 1.82) is 0 Å². The molecule has 0 radical (unpaired) electrons. The first kappa shape index (κ1) is 23.9. The highest BCUT2D eigenvalue weighted by Gasteiger charge is 2.08. The molecule has 0 spiro atoms. The summed E-state index contributed by atoms with van der Waals surface area (Å²) in [6.07, 6.45) is 14.9. The van der Waals surface area contributed by atoms with Gasteiger partial charge in [0.05, 0.1) is 7.11 Å². The van der Waals surface area contributed by atoms with E-state index in [9.17, 15) is 4.79 Å². The van der Waals surface area contributed by atoms with Gasteiger partial charge >= 0.3 is 5.97 Å². The van der Waals surface area contributed by atoms with Gasteiger partial charge in [0.1, 0.15) is 12.4 Å². The number of ether oxygens (including phenoxy) is 2. The molecule has 2 aromatic rings. The summed E-state index contributed by atoms with van der Waals surface area (Å²) in [7, 11) is 1.70. The van der Waals surface area contributed by atoms with Gasteiger partial charge in [-0.05, 0) is 74.6 Å². The van der Waals surface area contributed by atoms with Crippen molar-refractivity contribution in [3.05, 3.63) is 99.9 Å². The van der Waals surface area contributed by atoms with Crippen LogP contribution >= 0.6 is 0 Å². The molecule has 162 valence electrons. The zero-order valence-corrected chi connectivity index (χ0v) is 19.2. The highest BCUT2D eigenvalue weighted by atomic mass is 16.5. The monoisotopic (exact) mass is 417 g/mol. The second-order valence-electron chi connectivity index (χ2n) is 7.52. The molecule has 0 aliphatic carbocycles. The Morgan fingerprint density at radius 2 is 1.87 bits per heavy atom. The third-order valence-corrected chi connectivity index (χ3v) is 5.01. The average molecular weight is 418 g/mol. The summed E-state index contributed by atoms with van der Waals surface area (Å²) in [6, 6.07) is 5.76. The largest absolute Gasteiger partial charge is 0.496 e. The molecule has 0 bridgehead atoms. The number of rotatable bonds is 8. The molecule has 0 saturated carbocycles. The van der Waals surface area contributed by atoms with Crippen molar-refractivity contribution in [1.82, 2.24) is 4.98 Å². The van der Waals surface area contributed by atoms with Crippen molar-refractivity contribution in [3.8, 4) is 5.75 Å². The van der Waals surface area contributed by atoms with Crippen LogP contribution in [0.1, 0.15) is 41.7 Å². The summed E-state index contributed by atoms with van der Waals surface area (Å²) < 4.78 is 10.7. The first-order valence-electron chi connectivity index (χ1n) is 10.2. The molecule has 0 unspecified atom stereocenters. The first-order valence-corrected chi connectivity index (χ1v) is 10.2. The first-order chi connectivity index (χ1) is 14.8. The third kappa shape index (κ3) is 7.41. The number of nitrogens with zero attached hydrogens (tertiary/aromatic N) is 1. The zero-order valence-electron chi connectivity index (χ0n) is 19.2. The molecule has 0 N–H and O–H groups in total. The van der Waals surface area contributed by atoms with Crippen LogP contribution in [-0.4, -0.2) is 18.1 Å². The van der Waals surface area contributed by atoms with Gasteiger partial charge in [-0.2, -0.15) is 0 Å². The van der Waals surface area contributed by atoms with E-state index < -0.39 is 0 Å². The van der Waals surface area contributed by atoms with E-state index in [2.05, 4.69) is 44.0 Å². The Labute approximate surface area is 185 Å². The maximum Gasteiger partial charge on any atom is 0.331 e. The number of esters is 1. The second-order valence-corrected chi connectivity index (χ2v) is 7.52. The summed E-state index contributed by atoms with van der Waals surface area (Å²) in [5.41, 5.74) is 7.56. The van der Waals surface area contributed by atoms with Gasteiger partial charge in [0, 0.05) is 24.0 Å². The molecule has 2 rings (SSSR count). The minimum atomic E-state index is -0.368. The highest BCUT2D eigenvalue weighted by Crippen LogP contribution is 2.28. The number of aromatic nitrogens is 1. The lowest BCUT2D eigenvalue weighted by Gasteiger charge is -2.13. The van der Waals surface area contributed by atoms with Crippen molar-refractivity contribution in [2.75, 3.05) is 7.11 Å². The van der Waals surface area contributed by atoms with E-state index in [1.807, 2.05) is 44.2 Å². The Morgan fingerprint density at radius 3 is 2.55 bits per heavy atom. The SMILES string of the molecule is COc1cc(C)c(C=CC(C)=CC=CC(C)=CC(=O)OCc2cccnc2)c(C)c1C. The van der Waals surface area contributed by atoms with E-state index in [-0.39, 0.29) is 12.6 Å². The molecule has 31 heavy (non-hydrogen) atoms. The number of hydrogen-bond donors (Lipinski definition) is 0. The maximum absolute atomic E-state index is 11.9. The summed E-state index contributed by atoms with van der Waals surface area (Å²) in [5, 5.41) is 0. The van der Waals surface area contributed by atoms with Crippen molar-refractivity contribution in [3.63, 3.8) is 0 Å². The van der Waals surface area contributed by atoms with Crippen LogP contribution in [-0.2, 0) is 16.1 Å². The van der Waals surface area contributed by atoms with Gasteiger partial charge in [-0.15, -0.1) is 0 Å². The Hall–Kier alpha value is -3.40. The summed E-state index contributed by atoms with van der Waals surface area (Å²) >= 11 is 0. The Kier molecular flexibility index (Phi) is 9.01. The molecule has 0 aliphatic rings. The van der Waals surface area contributed by atoms with Crippen LogP contribution in [0.2, 0.25) is 0 Å². The van der Waals surface area contributed by atoms with Crippen LogP contribution in [0.3, 0.4) is 0 Å². The van der Waals surface area contributed by atoms with Crippen LogP contribution in [0.25, 0.3) is 6.08 Å². The number of aryl methyl sites for hydroxylation is 1. The fourth-order valence-corrected chi connectivity index (χ4v) is 3.07. The van der Waals surface area contributed by atoms with Crippen LogP contribution in [0.5, 0.6) is 5.75 Å². The Bertz CT molecular complexity index is 1030. The summed E-state index contributed by atoms with van der Waals surface area (Å²) in [4.78, 5) is 15.9. The normalized spacial score (nSPS) is 12.6. The van der Waals surface area contributed by atoms with Gasteiger partial charge in [-0.25, -0.2) is 4.79 Å². The van der Waals surface area contributed by atoms with Crippen LogP contribution < -0.4 is 4.74 Å². The lowest BCUT2D eigenvalue weighted by atomic mass is 9.96. The molecule has 0 saturated heterocycles. The summed E-state index contributed by atoms with van der Waals surface area (Å²) in [6.45, 7) is 10.4. The smallest absolute Gasteiger partial charge is 0.331 e. The van der Waals surface area contributed by atoms with Gasteiger partial charge in [0.25, 0.3) is 0 Å². The minimum Gasteiger partial charge on any atom is -0.496 e. The van der Waals surface area contributed by atoms with Gasteiger partial charge in [-0.3, -0.25) is 4.98 Å². The maximum atomic E-state index is 11.9. The minimum absolute atomic E-state index is 0.216. The standard InChI is InChI=1S/C27H31NO3/c1-19(12-13-25-21(3)16-26(30-6)23(5)22(25)4)9-7-10-20(2)15-27(29)31-18-24-11-8-14-28-17-24/h7-17H,18H2,1-6H3. The van der Waals surface area contributed by atoms with Crippen LogP contribution in [0.4, 0.5) is 0 Å².